The second-order valence-electron chi connectivity index (χ2n) is 38.5. The maximum absolute atomic E-state index is 15.8. The molecule has 8 fully saturated rings. The summed E-state index contributed by atoms with van der Waals surface area (Å²) in [6, 6.07) is 13.9. The highest BCUT2D eigenvalue weighted by atomic mass is 32.2. The van der Waals surface area contributed by atoms with Crippen molar-refractivity contribution in [3.8, 4) is 46.0 Å². The van der Waals surface area contributed by atoms with Crippen LogP contribution in [0.15, 0.2) is 48.5 Å². The van der Waals surface area contributed by atoms with Crippen molar-refractivity contribution < 1.29 is 88.5 Å². The van der Waals surface area contributed by atoms with Gasteiger partial charge < -0.3 is 35.7 Å². The molecule has 0 unspecified atom stereocenters. The zero-order chi connectivity index (χ0) is 84.1. The van der Waals surface area contributed by atoms with Crippen LogP contribution >= 0.6 is 0 Å². The normalized spacial score (nSPS) is 29.0. The Balaban J connectivity index is 1.15. The third kappa shape index (κ3) is 15.0. The van der Waals surface area contributed by atoms with Crippen molar-refractivity contribution >= 4 is 63.6 Å². The highest BCUT2D eigenvalue weighted by Gasteiger charge is 2.69. The molecule has 20 nitrogen and oxygen atoms in total. The summed E-state index contributed by atoms with van der Waals surface area (Å²) in [6.07, 6.45) is 14.4. The Labute approximate surface area is 691 Å². The molecule has 0 heterocycles. The Hall–Kier alpha value is -6.24. The first kappa shape index (κ1) is 87.6. The van der Waals surface area contributed by atoms with Gasteiger partial charge in [0.1, 0.15) is 69.1 Å². The summed E-state index contributed by atoms with van der Waals surface area (Å²) in [7, 11) is -13.0. The molecular formula is C92H128O20S4. The molecule has 4 aromatic carbocycles. The summed E-state index contributed by atoms with van der Waals surface area (Å²) in [6.45, 7) is 24.1. The smallest absolute Gasteiger partial charge is 0.310 e. The van der Waals surface area contributed by atoms with Gasteiger partial charge in [-0.3, -0.25) is 19.2 Å². The Morgan fingerprint density at radius 2 is 0.466 bits per heavy atom. The fourth-order valence-electron chi connectivity index (χ4n) is 24.2. The van der Waals surface area contributed by atoms with Crippen molar-refractivity contribution in [3.63, 3.8) is 0 Å². The van der Waals surface area contributed by atoms with Crippen LogP contribution in [-0.4, -0.2) is 108 Å². The number of fused-ring (bicyclic) bond motifs is 16. The van der Waals surface area contributed by atoms with Crippen molar-refractivity contribution in [2.24, 2.45) is 67.0 Å². The molecule has 12 atom stereocenters. The number of hydrogen-bond donors (Lipinski definition) is 0. The molecule has 0 amide bonds. The number of benzene rings is 4. The molecule has 0 N–H and O–H groups in total. The lowest BCUT2D eigenvalue weighted by molar-refractivity contribution is -0.128. The maximum atomic E-state index is 15.8. The average molecular weight is 1680 g/mol. The SMILES string of the molecule is CCCCC[C@@H]1c2cc(c(OS(=O)(=O)C[C@]34CC[C@H](CC3=O)C4(C)C)cc2OC)[C@H](CCCCC)c2cc(c(OS(=O)(=O)C[C@]34CC[C@H](CC3=O)C4(C)C)cc2OC)[C@H](CCCCC)c2cc(c(OS(=O)(=O)C[C@]34CC[C@H](CC3=O)C4(C)C)cc2OC)[C@H](CCCCC)c2cc1c(OS(=O)(=O)C[C@]13CC[C@H](CC1=O)C3(C)C)cc2OC. The lowest BCUT2D eigenvalue weighted by atomic mass is 9.70. The number of carbonyl (C=O) groups excluding carboxylic acids is 4. The highest BCUT2D eigenvalue weighted by Crippen LogP contribution is 2.69. The van der Waals surface area contributed by atoms with E-state index in [0.717, 1.165) is 25.7 Å². The van der Waals surface area contributed by atoms with Crippen LogP contribution in [-0.2, 0) is 59.7 Å². The number of unbranched alkanes of at least 4 members (excludes halogenated alkanes) is 8. The van der Waals surface area contributed by atoms with Crippen molar-refractivity contribution in [1.29, 1.82) is 0 Å². The minimum absolute atomic E-state index is 0.0222. The molecule has 640 valence electrons. The molecule has 16 bridgehead atoms. The van der Waals surface area contributed by atoms with Crippen LogP contribution in [0.3, 0.4) is 0 Å². The molecule has 116 heavy (non-hydrogen) atoms. The molecule has 8 saturated carbocycles. The molecule has 9 aliphatic carbocycles. The van der Waals surface area contributed by atoms with E-state index in [2.05, 4.69) is 27.7 Å². The van der Waals surface area contributed by atoms with Gasteiger partial charge in [-0.1, -0.05) is 160 Å². The molecule has 13 rings (SSSR count). The number of methoxy groups -OCH3 is 4. The van der Waals surface area contributed by atoms with Crippen molar-refractivity contribution in [2.45, 2.75) is 287 Å². The van der Waals surface area contributed by atoms with Gasteiger partial charge in [-0.05, 0) is 147 Å². The van der Waals surface area contributed by atoms with Crippen LogP contribution in [0.25, 0.3) is 0 Å². The van der Waals surface area contributed by atoms with E-state index in [4.69, 9.17) is 35.7 Å². The fraction of sp³-hybridized carbons (Fsp3) is 0.696. The standard InChI is InChI=1S/C92H128O20S4/c1-17-21-25-29-61-65-45-70(78(49-73(65)105-13)110-114(99,100)54-90-38-34-58(42-82(90)94)86(90,7)8)63(31-27-23-19-3)67-47-72(80(51-75(67)107-15)112-116(103,104)56-92-40-36-60(44-84(92)96)88(92,11)12)64(32-28-24-20-4)68-48-71(79(52-76(68)108-16)111-115(101,102)55-91-39-35-59(43-83(91)95)87(91,9)10)62(30-26-22-18-2)66-46-69(61)77(50-74(66)106-14)109-113(97,98)53-89-37-33-57(41-81(89)93)85(89,5)6/h45-52,57-64H,17-44,53-56H2,1-16H3/t57-,58-,59-,60-,61-,62-,63-,64-,89-,90-,91-,92-/m1/s1. The summed E-state index contributed by atoms with van der Waals surface area (Å²) < 4.78 is 179. The Morgan fingerprint density at radius 1 is 0.284 bits per heavy atom. The molecule has 0 spiro atoms. The average Bonchev–Trinajstić information content (AvgIpc) is 1.62. The van der Waals surface area contributed by atoms with E-state index in [-0.39, 0.29) is 118 Å². The van der Waals surface area contributed by atoms with E-state index in [1.807, 2.05) is 79.7 Å². The molecule has 0 aliphatic heterocycles. The summed E-state index contributed by atoms with van der Waals surface area (Å²) in [5.74, 6) is -6.37. The predicted molar refractivity (Wildman–Crippen MR) is 448 cm³/mol. The fourth-order valence-corrected chi connectivity index (χ4v) is 31.2. The highest BCUT2D eigenvalue weighted by molar-refractivity contribution is 7.88. The van der Waals surface area contributed by atoms with E-state index >= 15 is 33.7 Å². The Morgan fingerprint density at radius 3 is 0.612 bits per heavy atom. The molecule has 24 heteroatoms. The first-order valence-corrected chi connectivity index (χ1v) is 49.6. The van der Waals surface area contributed by atoms with Crippen LogP contribution in [0.1, 0.15) is 331 Å². The van der Waals surface area contributed by atoms with Crippen molar-refractivity contribution in [3.05, 3.63) is 93.0 Å². The van der Waals surface area contributed by atoms with Gasteiger partial charge in [0.25, 0.3) is 0 Å². The summed E-state index contributed by atoms with van der Waals surface area (Å²) >= 11 is 0. The number of Topliss-reactive ketones (excluding diaryl/α,β-unsaturated/α-hetero) is 4. The topological polar surface area (TPSA) is 279 Å². The minimum atomic E-state index is -4.73. The quantitative estimate of drug-likeness (QED) is 0.0302. The molecule has 0 saturated heterocycles. The van der Waals surface area contributed by atoms with Gasteiger partial charge in [-0.15, -0.1) is 0 Å². The molecular weight excluding hydrogens is 1550 g/mol. The van der Waals surface area contributed by atoms with Gasteiger partial charge in [-0.25, -0.2) is 0 Å². The van der Waals surface area contributed by atoms with E-state index in [0.29, 0.717) is 173 Å². The summed E-state index contributed by atoms with van der Waals surface area (Å²) in [4.78, 5) is 57.6. The lowest BCUT2D eigenvalue weighted by Gasteiger charge is -2.36. The zero-order valence-corrected chi connectivity index (χ0v) is 74.9. The molecule has 9 aliphatic rings. The lowest BCUT2D eigenvalue weighted by Crippen LogP contribution is -2.43. The second kappa shape index (κ2) is 32.3. The molecule has 4 aromatic rings. The van der Waals surface area contributed by atoms with Gasteiger partial charge >= 0.3 is 40.5 Å². The molecule has 0 aromatic heterocycles. The monoisotopic (exact) mass is 1680 g/mol. The van der Waals surface area contributed by atoms with E-state index in [1.165, 1.54) is 28.4 Å². The zero-order valence-electron chi connectivity index (χ0n) is 71.7. The number of ether oxygens (including phenoxy) is 4. The van der Waals surface area contributed by atoms with Gasteiger partial charge in [0, 0.05) is 118 Å². The number of rotatable bonds is 36. The van der Waals surface area contributed by atoms with Crippen LogP contribution in [0.2, 0.25) is 0 Å². The third-order valence-electron chi connectivity index (χ3n) is 32.0. The molecule has 0 radical (unpaired) electrons. The first-order valence-electron chi connectivity index (χ1n) is 43.3. The van der Waals surface area contributed by atoms with E-state index < -0.39 is 130 Å². The van der Waals surface area contributed by atoms with Gasteiger partial charge in [0.15, 0.2) is 0 Å². The van der Waals surface area contributed by atoms with Gasteiger partial charge in [-0.2, -0.15) is 33.7 Å². The van der Waals surface area contributed by atoms with Crippen LogP contribution in [0, 0.1) is 67.0 Å². The maximum Gasteiger partial charge on any atom is 0.310 e. The number of carbonyl (C=O) groups is 4. The van der Waals surface area contributed by atoms with Crippen LogP contribution in [0.5, 0.6) is 46.0 Å². The number of ketones is 4. The largest absolute Gasteiger partial charge is 0.496 e. The second-order valence-corrected chi connectivity index (χ2v) is 44.8. The van der Waals surface area contributed by atoms with E-state index in [1.54, 1.807) is 24.3 Å². The first-order chi connectivity index (χ1) is 54.6. The number of hydrogen-bond acceptors (Lipinski definition) is 20. The predicted octanol–water partition coefficient (Wildman–Crippen LogP) is 19.3. The minimum Gasteiger partial charge on any atom is -0.496 e. The van der Waals surface area contributed by atoms with Crippen molar-refractivity contribution in [1.82, 2.24) is 0 Å². The third-order valence-corrected chi connectivity index (χ3v) is 37.1. The van der Waals surface area contributed by atoms with Crippen LogP contribution < -0.4 is 35.7 Å². The van der Waals surface area contributed by atoms with Gasteiger partial charge in [0.05, 0.1) is 73.1 Å². The van der Waals surface area contributed by atoms with E-state index in [9.17, 15) is 19.2 Å². The van der Waals surface area contributed by atoms with Crippen molar-refractivity contribution in [2.75, 3.05) is 51.5 Å². The summed E-state index contributed by atoms with van der Waals surface area (Å²) in [5.41, 5.74) is -4.38. The van der Waals surface area contributed by atoms with Gasteiger partial charge in [0.2, 0.25) is 0 Å². The Kier molecular flexibility index (Phi) is 24.4. The Bertz CT molecular complexity index is 4350. The van der Waals surface area contributed by atoms with Crippen LogP contribution in [0.4, 0.5) is 0 Å². The summed E-state index contributed by atoms with van der Waals surface area (Å²) in [5, 5.41) is 0.